The standard InChI is InChI=1S/C15H28N2O3S/c1-7-8-17(12(4)5)21(18,19)15-9-14(20-13(15)6)10-16-11(2)3/h9,11-12,16H,7-8,10H2,1-6H3. The number of nitrogens with one attached hydrogen (secondary N) is 1. The molecule has 0 saturated carbocycles. The minimum Gasteiger partial charge on any atom is -0.464 e. The first-order valence-corrected chi connectivity index (χ1v) is 8.98. The van der Waals surface area contributed by atoms with Gasteiger partial charge in [0.1, 0.15) is 16.4 Å². The van der Waals surface area contributed by atoms with Crippen LogP contribution in [-0.2, 0) is 16.6 Å². The third-order valence-electron chi connectivity index (χ3n) is 3.21. The molecule has 0 amide bonds. The average Bonchev–Trinajstić information content (AvgIpc) is 2.75. The molecule has 1 rings (SSSR count). The van der Waals surface area contributed by atoms with E-state index in [9.17, 15) is 8.42 Å². The zero-order valence-corrected chi connectivity index (χ0v) is 14.8. The molecule has 0 aliphatic carbocycles. The van der Waals surface area contributed by atoms with Crippen LogP contribution in [0.1, 0.15) is 52.6 Å². The first-order valence-electron chi connectivity index (χ1n) is 7.54. The largest absolute Gasteiger partial charge is 0.464 e. The maximum absolute atomic E-state index is 12.8. The molecule has 0 saturated heterocycles. The topological polar surface area (TPSA) is 62.6 Å². The van der Waals surface area contributed by atoms with E-state index in [1.54, 1.807) is 13.0 Å². The van der Waals surface area contributed by atoms with E-state index in [1.165, 1.54) is 4.31 Å². The number of hydrogen-bond acceptors (Lipinski definition) is 4. The van der Waals surface area contributed by atoms with Crippen molar-refractivity contribution in [3.63, 3.8) is 0 Å². The molecule has 6 heteroatoms. The number of sulfonamides is 1. The summed E-state index contributed by atoms with van der Waals surface area (Å²) in [5.41, 5.74) is 0. The van der Waals surface area contributed by atoms with Gasteiger partial charge in [-0.05, 0) is 27.2 Å². The van der Waals surface area contributed by atoms with E-state index in [4.69, 9.17) is 4.42 Å². The molecule has 5 nitrogen and oxygen atoms in total. The highest BCUT2D eigenvalue weighted by Crippen LogP contribution is 2.25. The van der Waals surface area contributed by atoms with E-state index in [1.807, 2.05) is 34.6 Å². The van der Waals surface area contributed by atoms with Crippen LogP contribution in [0.5, 0.6) is 0 Å². The van der Waals surface area contributed by atoms with E-state index in [-0.39, 0.29) is 10.9 Å². The van der Waals surface area contributed by atoms with Crippen molar-refractivity contribution in [3.8, 4) is 0 Å². The van der Waals surface area contributed by atoms with Crippen molar-refractivity contribution in [1.82, 2.24) is 9.62 Å². The summed E-state index contributed by atoms with van der Waals surface area (Å²) in [5, 5.41) is 3.23. The van der Waals surface area contributed by atoms with E-state index in [0.29, 0.717) is 30.7 Å². The van der Waals surface area contributed by atoms with E-state index >= 15 is 0 Å². The van der Waals surface area contributed by atoms with Gasteiger partial charge in [0.05, 0.1) is 6.54 Å². The summed E-state index contributed by atoms with van der Waals surface area (Å²) in [6.07, 6.45) is 0.788. The van der Waals surface area contributed by atoms with Crippen LogP contribution in [0.3, 0.4) is 0 Å². The van der Waals surface area contributed by atoms with Crippen LogP contribution in [-0.4, -0.2) is 31.4 Å². The molecule has 0 bridgehead atoms. The predicted molar refractivity (Wildman–Crippen MR) is 84.7 cm³/mol. The Labute approximate surface area is 128 Å². The van der Waals surface area contributed by atoms with Crippen molar-refractivity contribution < 1.29 is 12.8 Å². The first-order chi connectivity index (χ1) is 9.70. The summed E-state index contributed by atoms with van der Waals surface area (Å²) in [7, 11) is -3.50. The zero-order valence-electron chi connectivity index (χ0n) is 13.9. The Balaban J connectivity index is 3.07. The quantitative estimate of drug-likeness (QED) is 0.801. The lowest BCUT2D eigenvalue weighted by Crippen LogP contribution is -2.37. The van der Waals surface area contributed by atoms with Crippen molar-refractivity contribution in [1.29, 1.82) is 0 Å². The van der Waals surface area contributed by atoms with Crippen molar-refractivity contribution in [3.05, 3.63) is 17.6 Å². The minimum atomic E-state index is -3.50. The second kappa shape index (κ2) is 7.42. The summed E-state index contributed by atoms with van der Waals surface area (Å²) < 4.78 is 32.7. The molecule has 0 spiro atoms. The van der Waals surface area contributed by atoms with Crippen LogP contribution in [0.4, 0.5) is 0 Å². The van der Waals surface area contributed by atoms with Gasteiger partial charge in [-0.3, -0.25) is 0 Å². The fraction of sp³-hybridized carbons (Fsp3) is 0.733. The molecule has 0 radical (unpaired) electrons. The monoisotopic (exact) mass is 316 g/mol. The summed E-state index contributed by atoms with van der Waals surface area (Å²) in [6.45, 7) is 12.6. The highest BCUT2D eigenvalue weighted by Gasteiger charge is 2.30. The van der Waals surface area contributed by atoms with E-state index < -0.39 is 10.0 Å². The smallest absolute Gasteiger partial charge is 0.246 e. The lowest BCUT2D eigenvalue weighted by Gasteiger charge is -2.24. The third-order valence-corrected chi connectivity index (χ3v) is 5.40. The van der Waals surface area contributed by atoms with Crippen LogP contribution in [0.2, 0.25) is 0 Å². The summed E-state index contributed by atoms with van der Waals surface area (Å²) in [6, 6.07) is 1.90. The zero-order chi connectivity index (χ0) is 16.2. The van der Waals surface area contributed by atoms with Crippen molar-refractivity contribution in [2.24, 2.45) is 0 Å². The molecule has 122 valence electrons. The molecular formula is C15H28N2O3S. The second-order valence-corrected chi connectivity index (χ2v) is 7.74. The van der Waals surface area contributed by atoms with Crippen LogP contribution in [0, 0.1) is 6.92 Å². The molecule has 1 N–H and O–H groups in total. The number of furan rings is 1. The van der Waals surface area contributed by atoms with Crippen molar-refractivity contribution in [2.45, 2.75) is 71.5 Å². The Kier molecular flexibility index (Phi) is 6.43. The molecule has 1 aromatic heterocycles. The predicted octanol–water partition coefficient (Wildman–Crippen LogP) is 2.90. The number of hydrogen-bond donors (Lipinski definition) is 1. The van der Waals surface area contributed by atoms with Crippen LogP contribution in [0.15, 0.2) is 15.4 Å². The third kappa shape index (κ3) is 4.56. The fourth-order valence-corrected chi connectivity index (χ4v) is 4.09. The van der Waals surface area contributed by atoms with Gasteiger partial charge in [0, 0.05) is 24.7 Å². The average molecular weight is 316 g/mol. The Morgan fingerprint density at radius 1 is 1.29 bits per heavy atom. The number of aryl methyl sites for hydroxylation is 1. The minimum absolute atomic E-state index is 0.0681. The fourth-order valence-electron chi connectivity index (χ4n) is 2.17. The highest BCUT2D eigenvalue weighted by atomic mass is 32.2. The van der Waals surface area contributed by atoms with Gasteiger partial charge < -0.3 is 9.73 Å². The molecule has 0 aliphatic heterocycles. The molecule has 0 unspecified atom stereocenters. The molecule has 1 heterocycles. The van der Waals surface area contributed by atoms with Gasteiger partial charge in [-0.15, -0.1) is 0 Å². The summed E-state index contributed by atoms with van der Waals surface area (Å²) in [4.78, 5) is 0.283. The number of rotatable bonds is 8. The van der Waals surface area contributed by atoms with Gasteiger partial charge in [-0.1, -0.05) is 20.8 Å². The SMILES string of the molecule is CCCN(C(C)C)S(=O)(=O)c1cc(CNC(C)C)oc1C. The molecule has 0 atom stereocenters. The van der Waals surface area contributed by atoms with Crippen molar-refractivity contribution in [2.75, 3.05) is 6.54 Å². The molecule has 1 aromatic rings. The van der Waals surface area contributed by atoms with Gasteiger partial charge in [0.15, 0.2) is 0 Å². The van der Waals surface area contributed by atoms with Gasteiger partial charge in [-0.2, -0.15) is 4.31 Å². The van der Waals surface area contributed by atoms with Crippen LogP contribution >= 0.6 is 0 Å². The molecule has 0 aromatic carbocycles. The summed E-state index contributed by atoms with van der Waals surface area (Å²) in [5.74, 6) is 1.11. The lowest BCUT2D eigenvalue weighted by molar-refractivity contribution is 0.353. The van der Waals surface area contributed by atoms with E-state index in [0.717, 1.165) is 6.42 Å². The van der Waals surface area contributed by atoms with Crippen LogP contribution < -0.4 is 5.32 Å². The van der Waals surface area contributed by atoms with Crippen molar-refractivity contribution >= 4 is 10.0 Å². The first kappa shape index (κ1) is 18.2. The Hall–Kier alpha value is -0.850. The highest BCUT2D eigenvalue weighted by molar-refractivity contribution is 7.89. The Morgan fingerprint density at radius 2 is 1.90 bits per heavy atom. The van der Waals surface area contributed by atoms with Gasteiger partial charge in [0.2, 0.25) is 10.0 Å². The normalized spacial score (nSPS) is 12.8. The summed E-state index contributed by atoms with van der Waals surface area (Å²) >= 11 is 0. The Morgan fingerprint density at radius 3 is 2.38 bits per heavy atom. The molecular weight excluding hydrogens is 288 g/mol. The lowest BCUT2D eigenvalue weighted by atomic mass is 10.3. The maximum atomic E-state index is 12.8. The molecule has 0 aliphatic rings. The molecule has 21 heavy (non-hydrogen) atoms. The van der Waals surface area contributed by atoms with Gasteiger partial charge >= 0.3 is 0 Å². The number of nitrogens with zero attached hydrogens (tertiary/aromatic N) is 1. The van der Waals surface area contributed by atoms with Gasteiger partial charge in [-0.25, -0.2) is 8.42 Å². The Bertz CT molecular complexity index is 547. The van der Waals surface area contributed by atoms with Crippen LogP contribution in [0.25, 0.3) is 0 Å². The van der Waals surface area contributed by atoms with Gasteiger partial charge in [0.25, 0.3) is 0 Å². The second-order valence-electron chi connectivity index (χ2n) is 5.88. The molecule has 0 fully saturated rings. The maximum Gasteiger partial charge on any atom is 0.246 e. The van der Waals surface area contributed by atoms with E-state index in [2.05, 4.69) is 5.32 Å².